The van der Waals surface area contributed by atoms with Gasteiger partial charge < -0.3 is 16.0 Å². The van der Waals surface area contributed by atoms with Crippen molar-refractivity contribution in [3.05, 3.63) is 36.4 Å². The predicted octanol–water partition coefficient (Wildman–Crippen LogP) is 1.79. The number of nitrogens with two attached hydrogens (primary N) is 1. The Hall–Kier alpha value is -1.81. The maximum absolute atomic E-state index is 11.5. The zero-order chi connectivity index (χ0) is 12.7. The molecule has 1 aromatic rings. The van der Waals surface area contributed by atoms with Crippen LogP contribution in [0.15, 0.2) is 30.9 Å². The highest BCUT2D eigenvalue weighted by Crippen LogP contribution is 2.36. The zero-order valence-electron chi connectivity index (χ0n) is 10.2. The third kappa shape index (κ3) is 1.78. The summed E-state index contributed by atoms with van der Waals surface area (Å²) in [6, 6.07) is 6.10. The number of amides is 1. The molecule has 4 heteroatoms. The van der Waals surface area contributed by atoms with Crippen LogP contribution in [0.4, 0.5) is 11.4 Å². The van der Waals surface area contributed by atoms with Crippen molar-refractivity contribution in [3.8, 4) is 0 Å². The van der Waals surface area contributed by atoms with Crippen LogP contribution in [0.1, 0.15) is 24.4 Å². The summed E-state index contributed by atoms with van der Waals surface area (Å²) in [7, 11) is 0. The van der Waals surface area contributed by atoms with E-state index in [1.54, 1.807) is 0 Å². The van der Waals surface area contributed by atoms with Gasteiger partial charge in [-0.05, 0) is 25.0 Å². The van der Waals surface area contributed by atoms with Crippen molar-refractivity contribution < 1.29 is 4.79 Å². The summed E-state index contributed by atoms with van der Waals surface area (Å²) in [6.07, 6.45) is 4.38. The number of anilines is 2. The Kier molecular flexibility index (Phi) is 2.59. The van der Waals surface area contributed by atoms with Gasteiger partial charge in [-0.15, -0.1) is 6.58 Å². The maximum atomic E-state index is 11.5. The van der Waals surface area contributed by atoms with Crippen molar-refractivity contribution >= 4 is 17.3 Å². The van der Waals surface area contributed by atoms with Crippen LogP contribution >= 0.6 is 0 Å². The Morgan fingerprint density at radius 2 is 2.28 bits per heavy atom. The highest BCUT2D eigenvalue weighted by Gasteiger charge is 2.31. The van der Waals surface area contributed by atoms with Gasteiger partial charge in [-0.25, -0.2) is 0 Å². The smallest absolute Gasteiger partial charge is 0.245 e. The first-order valence-electron chi connectivity index (χ1n) is 6.28. The van der Waals surface area contributed by atoms with Crippen LogP contribution in [-0.2, 0) is 4.79 Å². The quantitative estimate of drug-likeness (QED) is 0.793. The lowest BCUT2D eigenvalue weighted by atomic mass is 10.1. The monoisotopic (exact) mass is 243 g/mol. The van der Waals surface area contributed by atoms with Crippen LogP contribution in [-0.4, -0.2) is 18.5 Å². The first-order chi connectivity index (χ1) is 8.70. The first kappa shape index (κ1) is 11.3. The summed E-state index contributed by atoms with van der Waals surface area (Å²) in [5.41, 5.74) is 8.67. The van der Waals surface area contributed by atoms with Crippen molar-refractivity contribution in [2.24, 2.45) is 5.73 Å². The van der Waals surface area contributed by atoms with E-state index in [0.717, 1.165) is 23.5 Å². The number of carbonyl (C=O) groups excluding carboxylic acids is 1. The number of hydrogen-bond donors (Lipinski definition) is 2. The Morgan fingerprint density at radius 1 is 1.50 bits per heavy atom. The van der Waals surface area contributed by atoms with E-state index in [-0.39, 0.29) is 5.91 Å². The molecule has 1 atom stereocenters. The molecule has 94 valence electrons. The molecule has 0 bridgehead atoms. The third-order valence-corrected chi connectivity index (χ3v) is 3.56. The molecule has 1 fully saturated rings. The minimum Gasteiger partial charge on any atom is -0.365 e. The van der Waals surface area contributed by atoms with E-state index in [4.69, 9.17) is 5.73 Å². The molecule has 1 unspecified atom stereocenters. The average Bonchev–Trinajstić information content (AvgIpc) is 3.15. The molecule has 18 heavy (non-hydrogen) atoms. The van der Waals surface area contributed by atoms with E-state index < -0.39 is 6.04 Å². The molecule has 0 spiro atoms. The normalized spacial score (nSPS) is 21.4. The number of hydrogen-bond acceptors (Lipinski definition) is 3. The Bertz CT molecular complexity index is 508. The average molecular weight is 243 g/mol. The van der Waals surface area contributed by atoms with Gasteiger partial charge in [0.05, 0.1) is 0 Å². The fraction of sp³-hybridized carbons (Fsp3) is 0.357. The van der Waals surface area contributed by atoms with Crippen molar-refractivity contribution in [2.45, 2.75) is 24.9 Å². The third-order valence-electron chi connectivity index (χ3n) is 3.56. The summed E-state index contributed by atoms with van der Waals surface area (Å²) in [5, 5.41) is 2.83. The molecule has 1 heterocycles. The van der Waals surface area contributed by atoms with Crippen LogP contribution in [0.25, 0.3) is 0 Å². The summed E-state index contributed by atoms with van der Waals surface area (Å²) < 4.78 is 0. The summed E-state index contributed by atoms with van der Waals surface area (Å²) in [4.78, 5) is 13.8. The van der Waals surface area contributed by atoms with Crippen LogP contribution < -0.4 is 16.0 Å². The van der Waals surface area contributed by atoms with Crippen LogP contribution in [0, 0.1) is 0 Å². The predicted molar refractivity (Wildman–Crippen MR) is 72.6 cm³/mol. The van der Waals surface area contributed by atoms with Gasteiger partial charge in [0.1, 0.15) is 6.04 Å². The minimum atomic E-state index is -0.525. The number of fused-ring (bicyclic) bond motifs is 1. The molecular formula is C14H17N3O. The van der Waals surface area contributed by atoms with Gasteiger partial charge in [0, 0.05) is 29.5 Å². The standard InChI is InChI=1S/C14H17N3O/c1-2-7-17(9-3-4-9)10-5-6-11-12(8-10)16-14(18)13(11)15/h2,5-6,8-9,13H,1,3-4,7,15H2,(H,16,18). The van der Waals surface area contributed by atoms with Gasteiger partial charge >= 0.3 is 0 Å². The Balaban J connectivity index is 1.92. The Morgan fingerprint density at radius 3 is 2.94 bits per heavy atom. The molecule has 3 N–H and O–H groups in total. The lowest BCUT2D eigenvalue weighted by Crippen LogP contribution is -2.25. The van der Waals surface area contributed by atoms with Crippen LogP contribution in [0.2, 0.25) is 0 Å². The van der Waals surface area contributed by atoms with E-state index in [0.29, 0.717) is 6.04 Å². The van der Waals surface area contributed by atoms with Crippen molar-refractivity contribution in [2.75, 3.05) is 16.8 Å². The molecule has 1 aromatic carbocycles. The molecule has 4 nitrogen and oxygen atoms in total. The van der Waals surface area contributed by atoms with Crippen molar-refractivity contribution in [1.82, 2.24) is 0 Å². The summed E-state index contributed by atoms with van der Waals surface area (Å²) in [5.74, 6) is -0.121. The molecule has 1 amide bonds. The first-order valence-corrected chi connectivity index (χ1v) is 6.28. The van der Waals surface area contributed by atoms with Gasteiger partial charge in [-0.3, -0.25) is 4.79 Å². The molecule has 0 saturated heterocycles. The molecular weight excluding hydrogens is 226 g/mol. The Labute approximate surface area is 106 Å². The number of benzene rings is 1. The van der Waals surface area contributed by atoms with E-state index in [1.807, 2.05) is 24.3 Å². The van der Waals surface area contributed by atoms with Gasteiger partial charge in [0.2, 0.25) is 5.91 Å². The molecule has 1 aliphatic carbocycles. The fourth-order valence-electron chi connectivity index (χ4n) is 2.44. The minimum absolute atomic E-state index is 0.121. The highest BCUT2D eigenvalue weighted by molar-refractivity contribution is 6.03. The lowest BCUT2D eigenvalue weighted by Gasteiger charge is -2.23. The van der Waals surface area contributed by atoms with Gasteiger partial charge in [-0.2, -0.15) is 0 Å². The number of nitrogens with one attached hydrogen (secondary N) is 1. The highest BCUT2D eigenvalue weighted by atomic mass is 16.2. The second kappa shape index (κ2) is 4.14. The summed E-state index contributed by atoms with van der Waals surface area (Å²) >= 11 is 0. The molecule has 2 aliphatic rings. The molecule has 1 aliphatic heterocycles. The van der Waals surface area contributed by atoms with Crippen LogP contribution in [0.3, 0.4) is 0 Å². The largest absolute Gasteiger partial charge is 0.365 e. The molecule has 3 rings (SSSR count). The van der Waals surface area contributed by atoms with Gasteiger partial charge in [-0.1, -0.05) is 12.1 Å². The van der Waals surface area contributed by atoms with Crippen LogP contribution in [0.5, 0.6) is 0 Å². The van der Waals surface area contributed by atoms with E-state index >= 15 is 0 Å². The fourth-order valence-corrected chi connectivity index (χ4v) is 2.44. The van der Waals surface area contributed by atoms with Gasteiger partial charge in [0.25, 0.3) is 0 Å². The van der Waals surface area contributed by atoms with Crippen molar-refractivity contribution in [3.63, 3.8) is 0 Å². The topological polar surface area (TPSA) is 58.4 Å². The van der Waals surface area contributed by atoms with E-state index in [1.165, 1.54) is 12.8 Å². The second-order valence-electron chi connectivity index (χ2n) is 4.91. The SMILES string of the molecule is C=CCN(c1ccc2c(c1)NC(=O)C2N)C1CC1. The molecule has 0 aromatic heterocycles. The molecule has 0 radical (unpaired) electrons. The summed E-state index contributed by atoms with van der Waals surface area (Å²) in [6.45, 7) is 4.64. The maximum Gasteiger partial charge on any atom is 0.245 e. The van der Waals surface area contributed by atoms with Gasteiger partial charge in [0.15, 0.2) is 0 Å². The van der Waals surface area contributed by atoms with Crippen molar-refractivity contribution in [1.29, 1.82) is 0 Å². The van der Waals surface area contributed by atoms with E-state index in [9.17, 15) is 4.79 Å². The number of carbonyl (C=O) groups is 1. The number of nitrogens with zero attached hydrogens (tertiary/aromatic N) is 1. The van der Waals surface area contributed by atoms with E-state index in [2.05, 4.69) is 16.8 Å². The lowest BCUT2D eigenvalue weighted by molar-refractivity contribution is -0.116. The molecule has 1 saturated carbocycles. The second-order valence-corrected chi connectivity index (χ2v) is 4.91. The number of rotatable bonds is 4. The zero-order valence-corrected chi connectivity index (χ0v) is 10.2.